The Morgan fingerprint density at radius 3 is 1.82 bits per heavy atom. The molecule has 0 bridgehead atoms. The van der Waals surface area contributed by atoms with Gasteiger partial charge in [-0.3, -0.25) is 0 Å². The zero-order chi connectivity index (χ0) is 40.3. The standard InChI is InChI=1S/C58H38N2S/c1-3-18-40(19-4-1)50-38-41(44-28-15-21-39-20-7-8-24-43(39)44)36-37-53(50)60(51-31-12-9-25-45(51)47-29-16-30-48-46-26-11-14-35-56(46)61-58(47)48)55-34-17-33-54-57(55)49-27-10-13-32-52(49)59(54)42-22-5-2-6-23-42/h1-38H. The van der Waals surface area contributed by atoms with Crippen molar-refractivity contribution in [2.24, 2.45) is 0 Å². The number of thiophene rings is 1. The Balaban J connectivity index is 1.19. The normalized spacial score (nSPS) is 11.6. The molecular weight excluding hydrogens is 757 g/mol. The van der Waals surface area contributed by atoms with Crippen molar-refractivity contribution in [1.82, 2.24) is 4.57 Å². The molecule has 0 spiro atoms. The molecule has 286 valence electrons. The van der Waals surface area contributed by atoms with Crippen LogP contribution in [0.15, 0.2) is 231 Å². The van der Waals surface area contributed by atoms with Crippen LogP contribution in [0.4, 0.5) is 17.1 Å². The third-order valence-corrected chi connectivity index (χ3v) is 13.4. The third kappa shape index (κ3) is 5.78. The summed E-state index contributed by atoms with van der Waals surface area (Å²) in [6, 6.07) is 84.3. The summed E-state index contributed by atoms with van der Waals surface area (Å²) >= 11 is 1.88. The minimum Gasteiger partial charge on any atom is -0.309 e. The molecule has 0 aliphatic heterocycles. The molecule has 3 heteroatoms. The van der Waals surface area contributed by atoms with Gasteiger partial charge in [-0.05, 0) is 82.1 Å². The highest BCUT2D eigenvalue weighted by atomic mass is 32.1. The van der Waals surface area contributed by atoms with Crippen molar-refractivity contribution in [1.29, 1.82) is 0 Å². The summed E-state index contributed by atoms with van der Waals surface area (Å²) in [5.74, 6) is 0. The number of anilines is 3. The molecule has 61 heavy (non-hydrogen) atoms. The third-order valence-electron chi connectivity index (χ3n) is 12.2. The van der Waals surface area contributed by atoms with E-state index in [4.69, 9.17) is 0 Å². The second kappa shape index (κ2) is 14.5. The van der Waals surface area contributed by atoms with E-state index in [9.17, 15) is 0 Å². The Morgan fingerprint density at radius 1 is 0.344 bits per heavy atom. The minimum absolute atomic E-state index is 1.11. The number of nitrogens with zero attached hydrogens (tertiary/aromatic N) is 2. The Labute approximate surface area is 358 Å². The van der Waals surface area contributed by atoms with Crippen LogP contribution in [0.3, 0.4) is 0 Å². The predicted molar refractivity (Wildman–Crippen MR) is 262 cm³/mol. The zero-order valence-electron chi connectivity index (χ0n) is 33.2. The van der Waals surface area contributed by atoms with Crippen LogP contribution in [0.1, 0.15) is 0 Å². The summed E-state index contributed by atoms with van der Waals surface area (Å²) in [5.41, 5.74) is 13.9. The van der Waals surface area contributed by atoms with Gasteiger partial charge >= 0.3 is 0 Å². The molecule has 12 rings (SSSR count). The van der Waals surface area contributed by atoms with Gasteiger partial charge in [0, 0.05) is 53.3 Å². The lowest BCUT2D eigenvalue weighted by atomic mass is 9.93. The van der Waals surface area contributed by atoms with Crippen molar-refractivity contribution < 1.29 is 0 Å². The van der Waals surface area contributed by atoms with Gasteiger partial charge in [0.1, 0.15) is 0 Å². The zero-order valence-corrected chi connectivity index (χ0v) is 34.1. The maximum Gasteiger partial charge on any atom is 0.0562 e. The average molecular weight is 795 g/mol. The summed E-state index contributed by atoms with van der Waals surface area (Å²) in [6.45, 7) is 0. The quantitative estimate of drug-likeness (QED) is 0.156. The Kier molecular flexibility index (Phi) is 8.39. The molecule has 2 nitrogen and oxygen atoms in total. The number of rotatable bonds is 7. The van der Waals surface area contributed by atoms with E-state index in [0.29, 0.717) is 0 Å². The van der Waals surface area contributed by atoms with Crippen molar-refractivity contribution in [2.45, 2.75) is 0 Å². The fourth-order valence-electron chi connectivity index (χ4n) is 9.51. The number of aromatic nitrogens is 1. The van der Waals surface area contributed by atoms with Crippen LogP contribution in [0, 0.1) is 0 Å². The lowest BCUT2D eigenvalue weighted by Gasteiger charge is -2.31. The molecule has 2 aromatic heterocycles. The maximum absolute atomic E-state index is 2.54. The van der Waals surface area contributed by atoms with Crippen molar-refractivity contribution >= 4 is 81.1 Å². The maximum atomic E-state index is 2.54. The highest BCUT2D eigenvalue weighted by molar-refractivity contribution is 7.26. The van der Waals surface area contributed by atoms with Gasteiger partial charge in [-0.15, -0.1) is 11.3 Å². The number of para-hydroxylation sites is 3. The van der Waals surface area contributed by atoms with Crippen LogP contribution < -0.4 is 4.90 Å². The Hall–Kier alpha value is -7.72. The van der Waals surface area contributed by atoms with Gasteiger partial charge < -0.3 is 9.47 Å². The van der Waals surface area contributed by atoms with Gasteiger partial charge in [-0.2, -0.15) is 0 Å². The first-order chi connectivity index (χ1) is 30.3. The Bertz CT molecular complexity index is 3590. The molecule has 0 aliphatic rings. The molecule has 0 atom stereocenters. The number of hydrogen-bond acceptors (Lipinski definition) is 2. The van der Waals surface area contributed by atoms with Gasteiger partial charge in [0.05, 0.1) is 28.1 Å². The fourth-order valence-corrected chi connectivity index (χ4v) is 10.7. The van der Waals surface area contributed by atoms with E-state index >= 15 is 0 Å². The van der Waals surface area contributed by atoms with E-state index in [1.807, 2.05) is 11.3 Å². The van der Waals surface area contributed by atoms with Gasteiger partial charge in [-0.1, -0.05) is 176 Å². The molecule has 0 N–H and O–H groups in total. The van der Waals surface area contributed by atoms with Crippen LogP contribution in [-0.4, -0.2) is 4.57 Å². The predicted octanol–water partition coefficient (Wildman–Crippen LogP) is 16.8. The molecule has 0 unspecified atom stereocenters. The van der Waals surface area contributed by atoms with Crippen LogP contribution in [-0.2, 0) is 0 Å². The minimum atomic E-state index is 1.11. The van der Waals surface area contributed by atoms with E-state index in [2.05, 4.69) is 240 Å². The lowest BCUT2D eigenvalue weighted by Crippen LogP contribution is -2.13. The smallest absolute Gasteiger partial charge is 0.0562 e. The molecule has 2 heterocycles. The van der Waals surface area contributed by atoms with Crippen molar-refractivity contribution in [3.05, 3.63) is 231 Å². The first kappa shape index (κ1) is 35.2. The molecule has 12 aromatic rings. The first-order valence-corrected chi connectivity index (χ1v) is 21.7. The second-order valence-corrected chi connectivity index (χ2v) is 16.7. The van der Waals surface area contributed by atoms with E-state index in [1.54, 1.807) is 0 Å². The van der Waals surface area contributed by atoms with Crippen molar-refractivity contribution in [3.63, 3.8) is 0 Å². The topological polar surface area (TPSA) is 8.17 Å². The summed E-state index contributed by atoms with van der Waals surface area (Å²) in [5, 5.41) is 7.48. The molecular formula is C58H38N2S. The summed E-state index contributed by atoms with van der Waals surface area (Å²) in [6.07, 6.45) is 0. The number of hydrogen-bond donors (Lipinski definition) is 0. The number of benzene rings is 10. The lowest BCUT2D eigenvalue weighted by molar-refractivity contribution is 1.18. The van der Waals surface area contributed by atoms with E-state index in [1.165, 1.54) is 69.5 Å². The van der Waals surface area contributed by atoms with E-state index < -0.39 is 0 Å². The van der Waals surface area contributed by atoms with Gasteiger partial charge in [0.25, 0.3) is 0 Å². The molecule has 0 aliphatic carbocycles. The summed E-state index contributed by atoms with van der Waals surface area (Å²) < 4.78 is 5.01. The molecule has 0 amide bonds. The average Bonchev–Trinajstić information content (AvgIpc) is 3.89. The van der Waals surface area contributed by atoms with Crippen LogP contribution in [0.2, 0.25) is 0 Å². The van der Waals surface area contributed by atoms with Crippen LogP contribution in [0.25, 0.3) is 91.8 Å². The fraction of sp³-hybridized carbons (Fsp3) is 0. The summed E-state index contributed by atoms with van der Waals surface area (Å²) in [4.78, 5) is 2.54. The monoisotopic (exact) mass is 794 g/mol. The van der Waals surface area contributed by atoms with E-state index in [0.717, 1.165) is 39.4 Å². The van der Waals surface area contributed by atoms with Crippen LogP contribution in [0.5, 0.6) is 0 Å². The van der Waals surface area contributed by atoms with Gasteiger partial charge in [-0.25, -0.2) is 0 Å². The number of fused-ring (bicyclic) bond motifs is 7. The largest absolute Gasteiger partial charge is 0.309 e. The van der Waals surface area contributed by atoms with Crippen molar-refractivity contribution in [3.8, 4) is 39.1 Å². The molecule has 0 saturated carbocycles. The van der Waals surface area contributed by atoms with Gasteiger partial charge in [0.2, 0.25) is 0 Å². The first-order valence-electron chi connectivity index (χ1n) is 20.9. The van der Waals surface area contributed by atoms with Crippen LogP contribution >= 0.6 is 11.3 Å². The molecule has 0 saturated heterocycles. The molecule has 0 radical (unpaired) electrons. The highest BCUT2D eigenvalue weighted by Gasteiger charge is 2.26. The van der Waals surface area contributed by atoms with E-state index in [-0.39, 0.29) is 0 Å². The summed E-state index contributed by atoms with van der Waals surface area (Å²) in [7, 11) is 0. The van der Waals surface area contributed by atoms with Crippen molar-refractivity contribution in [2.75, 3.05) is 4.90 Å². The van der Waals surface area contributed by atoms with Gasteiger partial charge in [0.15, 0.2) is 0 Å². The SMILES string of the molecule is c1ccc(-c2cc(-c3cccc4ccccc34)ccc2N(c2ccccc2-c2cccc3c2sc2ccccc23)c2cccc3c2c2ccccc2n3-c2ccccc2)cc1. The molecule has 10 aromatic carbocycles. The molecule has 0 fully saturated rings. The second-order valence-electron chi connectivity index (χ2n) is 15.6. The Morgan fingerprint density at radius 2 is 0.934 bits per heavy atom. The highest BCUT2D eigenvalue weighted by Crippen LogP contribution is 2.51.